The van der Waals surface area contributed by atoms with Crippen molar-refractivity contribution in [1.29, 1.82) is 0 Å². The van der Waals surface area contributed by atoms with Crippen molar-refractivity contribution in [3.05, 3.63) is 39.6 Å². The van der Waals surface area contributed by atoms with Crippen molar-refractivity contribution in [3.63, 3.8) is 0 Å². The maximum absolute atomic E-state index is 12.5. The van der Waals surface area contributed by atoms with E-state index in [1.54, 1.807) is 0 Å². The number of hydrogen-bond acceptors (Lipinski definition) is 4. The number of carbonyl (C=O) groups is 3. The molecule has 0 saturated carbocycles. The number of imide groups is 1. The molecule has 1 aromatic rings. The first-order chi connectivity index (χ1) is 10.6. The summed E-state index contributed by atoms with van der Waals surface area (Å²) in [7, 11) is 0. The predicted octanol–water partition coefficient (Wildman–Crippen LogP) is 1.80. The molecule has 1 aliphatic heterocycles. The van der Waals surface area contributed by atoms with Crippen LogP contribution in [0.3, 0.4) is 0 Å². The molecular formula is C16H16N2O3S. The van der Waals surface area contributed by atoms with Gasteiger partial charge in [-0.2, -0.15) is 0 Å². The van der Waals surface area contributed by atoms with Gasteiger partial charge in [0.2, 0.25) is 11.8 Å². The van der Waals surface area contributed by atoms with Crippen molar-refractivity contribution in [2.45, 2.75) is 31.7 Å². The zero-order valence-corrected chi connectivity index (χ0v) is 12.7. The Hall–Kier alpha value is -2.21. The van der Waals surface area contributed by atoms with Crippen molar-refractivity contribution in [1.82, 2.24) is 10.6 Å². The fourth-order valence-corrected chi connectivity index (χ4v) is 3.59. The second-order valence-electron chi connectivity index (χ2n) is 5.30. The summed E-state index contributed by atoms with van der Waals surface area (Å²) in [5.74, 6) is -0.945. The highest BCUT2D eigenvalue weighted by Crippen LogP contribution is 2.27. The quantitative estimate of drug-likeness (QED) is 0.817. The van der Waals surface area contributed by atoms with E-state index < -0.39 is 11.9 Å². The number of amides is 3. The van der Waals surface area contributed by atoms with Gasteiger partial charge in [0.1, 0.15) is 6.04 Å². The molecule has 3 rings (SSSR count). The van der Waals surface area contributed by atoms with Crippen LogP contribution >= 0.6 is 11.3 Å². The largest absolute Gasteiger partial charge is 0.340 e. The molecule has 0 spiro atoms. The molecule has 2 heterocycles. The summed E-state index contributed by atoms with van der Waals surface area (Å²) in [4.78, 5) is 36.0. The first kappa shape index (κ1) is 14.7. The molecular weight excluding hydrogens is 300 g/mol. The van der Waals surface area contributed by atoms with E-state index in [2.05, 4.69) is 16.7 Å². The minimum absolute atomic E-state index is 0.237. The number of fused-ring (bicyclic) bond motifs is 1. The summed E-state index contributed by atoms with van der Waals surface area (Å²) in [6, 6.07) is -0.632. The molecule has 1 atom stereocenters. The molecule has 114 valence electrons. The maximum atomic E-state index is 12.5. The van der Waals surface area contributed by atoms with E-state index in [0.29, 0.717) is 11.3 Å². The van der Waals surface area contributed by atoms with Gasteiger partial charge in [0.05, 0.1) is 4.88 Å². The number of carbonyl (C=O) groups excluding carboxylic acids is 3. The number of rotatable bonds is 2. The third-order valence-electron chi connectivity index (χ3n) is 3.76. The maximum Gasteiger partial charge on any atom is 0.262 e. The smallest absolute Gasteiger partial charge is 0.262 e. The summed E-state index contributed by atoms with van der Waals surface area (Å²) in [5, 5.41) is 6.96. The molecule has 3 amide bonds. The zero-order valence-electron chi connectivity index (χ0n) is 11.9. The lowest BCUT2D eigenvalue weighted by Crippen LogP contribution is -2.52. The van der Waals surface area contributed by atoms with Crippen molar-refractivity contribution in [2.24, 2.45) is 0 Å². The lowest BCUT2D eigenvalue weighted by molar-refractivity contribution is -0.134. The highest BCUT2D eigenvalue weighted by Gasteiger charge is 2.29. The van der Waals surface area contributed by atoms with Crippen LogP contribution in [0.25, 0.3) is 6.08 Å². The van der Waals surface area contributed by atoms with E-state index in [4.69, 9.17) is 0 Å². The molecule has 2 aliphatic rings. The number of piperidine rings is 1. The molecule has 22 heavy (non-hydrogen) atoms. The Morgan fingerprint density at radius 1 is 1.27 bits per heavy atom. The number of nitrogens with one attached hydrogen (secondary N) is 2. The van der Waals surface area contributed by atoms with Crippen LogP contribution < -0.4 is 10.6 Å². The molecule has 1 fully saturated rings. The summed E-state index contributed by atoms with van der Waals surface area (Å²) in [6.07, 6.45) is 10.3. The molecule has 1 aromatic heterocycles. The Labute approximate surface area is 132 Å². The lowest BCUT2D eigenvalue weighted by atomic mass is 10.0. The fraction of sp³-hybridized carbons (Fsp3) is 0.312. The Morgan fingerprint density at radius 2 is 2.14 bits per heavy atom. The average Bonchev–Trinajstić information content (AvgIpc) is 2.84. The molecule has 2 N–H and O–H groups in total. The standard InChI is InChI=1S/C16H16N2O3S/c19-13-8-7-12(15(20)18-13)17-16(21)14-11-6-4-2-1-3-5-10(11)9-22-14/h1-3,5,9,12H,4,6-8H2,(H,17,21)(H,18,19,20)/b2-1-,5-3?. The fourth-order valence-electron chi connectivity index (χ4n) is 2.60. The van der Waals surface area contributed by atoms with Crippen molar-refractivity contribution < 1.29 is 14.4 Å². The van der Waals surface area contributed by atoms with Crippen LogP contribution in [-0.4, -0.2) is 23.8 Å². The molecule has 1 saturated heterocycles. The Morgan fingerprint density at radius 3 is 2.95 bits per heavy atom. The van der Waals surface area contributed by atoms with Gasteiger partial charge >= 0.3 is 0 Å². The van der Waals surface area contributed by atoms with Gasteiger partial charge in [-0.1, -0.05) is 24.3 Å². The van der Waals surface area contributed by atoms with Crippen LogP contribution in [0.5, 0.6) is 0 Å². The first-order valence-electron chi connectivity index (χ1n) is 7.23. The van der Waals surface area contributed by atoms with E-state index in [-0.39, 0.29) is 18.2 Å². The summed E-state index contributed by atoms with van der Waals surface area (Å²) >= 11 is 1.39. The van der Waals surface area contributed by atoms with Gasteiger partial charge in [0.15, 0.2) is 0 Å². The van der Waals surface area contributed by atoms with Gasteiger partial charge in [-0.3, -0.25) is 19.7 Å². The first-order valence-corrected chi connectivity index (χ1v) is 8.11. The Kier molecular flexibility index (Phi) is 4.20. The van der Waals surface area contributed by atoms with Crippen molar-refractivity contribution in [2.75, 3.05) is 0 Å². The van der Waals surface area contributed by atoms with E-state index >= 15 is 0 Å². The molecule has 6 heteroatoms. The highest BCUT2D eigenvalue weighted by atomic mass is 32.1. The predicted molar refractivity (Wildman–Crippen MR) is 84.5 cm³/mol. The highest BCUT2D eigenvalue weighted by molar-refractivity contribution is 7.12. The third-order valence-corrected chi connectivity index (χ3v) is 4.80. The second-order valence-corrected chi connectivity index (χ2v) is 6.18. The van der Waals surface area contributed by atoms with Gasteiger partial charge in [-0.05, 0) is 35.8 Å². The van der Waals surface area contributed by atoms with Crippen LogP contribution in [0.15, 0.2) is 23.6 Å². The van der Waals surface area contributed by atoms with E-state index in [0.717, 1.165) is 24.0 Å². The SMILES string of the molecule is O=C1CCC(NC(=O)c2scc3c2CC/C=C\C=C3)C(=O)N1. The Balaban J connectivity index is 1.76. The molecule has 0 radical (unpaired) electrons. The summed E-state index contributed by atoms with van der Waals surface area (Å²) in [5.41, 5.74) is 2.08. The zero-order chi connectivity index (χ0) is 15.5. The molecule has 5 nitrogen and oxygen atoms in total. The number of hydrogen-bond donors (Lipinski definition) is 2. The topological polar surface area (TPSA) is 75.3 Å². The van der Waals surface area contributed by atoms with E-state index in [1.165, 1.54) is 11.3 Å². The van der Waals surface area contributed by atoms with Crippen LogP contribution in [0.1, 0.15) is 40.1 Å². The van der Waals surface area contributed by atoms with Gasteiger partial charge in [0, 0.05) is 6.42 Å². The minimum Gasteiger partial charge on any atom is -0.340 e. The third kappa shape index (κ3) is 3.01. The number of allylic oxidation sites excluding steroid dienone is 3. The van der Waals surface area contributed by atoms with Crippen LogP contribution in [0, 0.1) is 0 Å². The Bertz CT molecular complexity index is 688. The van der Waals surface area contributed by atoms with Gasteiger partial charge in [-0.15, -0.1) is 11.3 Å². The molecule has 0 aromatic carbocycles. The molecule has 0 bridgehead atoms. The normalized spacial score (nSPS) is 22.3. The minimum atomic E-state index is -0.632. The summed E-state index contributed by atoms with van der Waals surface area (Å²) < 4.78 is 0. The lowest BCUT2D eigenvalue weighted by Gasteiger charge is -2.21. The van der Waals surface area contributed by atoms with Crippen molar-refractivity contribution >= 4 is 35.1 Å². The van der Waals surface area contributed by atoms with Gasteiger partial charge in [0.25, 0.3) is 5.91 Å². The molecule has 1 aliphatic carbocycles. The summed E-state index contributed by atoms with van der Waals surface area (Å²) in [6.45, 7) is 0. The number of thiophene rings is 1. The molecule has 1 unspecified atom stereocenters. The van der Waals surface area contributed by atoms with Crippen LogP contribution in [0.2, 0.25) is 0 Å². The van der Waals surface area contributed by atoms with E-state index in [1.807, 2.05) is 23.6 Å². The second kappa shape index (κ2) is 6.27. The van der Waals surface area contributed by atoms with Gasteiger partial charge in [-0.25, -0.2) is 0 Å². The van der Waals surface area contributed by atoms with E-state index in [9.17, 15) is 14.4 Å². The van der Waals surface area contributed by atoms with Gasteiger partial charge < -0.3 is 5.32 Å². The van der Waals surface area contributed by atoms with Crippen LogP contribution in [-0.2, 0) is 16.0 Å². The monoisotopic (exact) mass is 316 g/mol. The van der Waals surface area contributed by atoms with Crippen LogP contribution in [0.4, 0.5) is 0 Å². The van der Waals surface area contributed by atoms with Crippen molar-refractivity contribution in [3.8, 4) is 0 Å². The average molecular weight is 316 g/mol.